The van der Waals surface area contributed by atoms with Gasteiger partial charge in [-0.25, -0.2) is 4.39 Å². The smallest absolute Gasteiger partial charge is 0.272 e. The molecule has 7 heteroatoms. The van der Waals surface area contributed by atoms with Gasteiger partial charge in [0.05, 0.1) is 12.2 Å². The number of aryl methyl sites for hydroxylation is 1. The van der Waals surface area contributed by atoms with Crippen molar-refractivity contribution in [1.29, 1.82) is 0 Å². The van der Waals surface area contributed by atoms with Gasteiger partial charge in [0.25, 0.3) is 5.91 Å². The van der Waals surface area contributed by atoms with Gasteiger partial charge in [0.15, 0.2) is 0 Å². The summed E-state index contributed by atoms with van der Waals surface area (Å²) in [5.41, 5.74) is 1.91. The molecule has 0 radical (unpaired) electrons. The van der Waals surface area contributed by atoms with Gasteiger partial charge in [0.2, 0.25) is 0 Å². The molecule has 1 fully saturated rings. The van der Waals surface area contributed by atoms with E-state index < -0.39 is 0 Å². The molecule has 0 aliphatic carbocycles. The Morgan fingerprint density at radius 3 is 2.67 bits per heavy atom. The van der Waals surface area contributed by atoms with Crippen molar-refractivity contribution in [3.63, 3.8) is 0 Å². The van der Waals surface area contributed by atoms with E-state index >= 15 is 0 Å². The number of nitrogens with zero attached hydrogens (tertiary/aromatic N) is 4. The van der Waals surface area contributed by atoms with Crippen molar-refractivity contribution in [2.24, 2.45) is 7.05 Å². The third-order valence-electron chi connectivity index (χ3n) is 4.62. The second-order valence-corrected chi connectivity index (χ2v) is 6.51. The second-order valence-electron chi connectivity index (χ2n) is 6.51. The number of benzene rings is 1. The van der Waals surface area contributed by atoms with Crippen LogP contribution in [0.25, 0.3) is 11.3 Å². The fourth-order valence-electron chi connectivity index (χ4n) is 3.21. The van der Waals surface area contributed by atoms with E-state index in [0.717, 1.165) is 17.7 Å². The fraction of sp³-hybridized carbons (Fsp3) is 0.250. The van der Waals surface area contributed by atoms with Crippen LogP contribution in [0.4, 0.5) is 4.39 Å². The van der Waals surface area contributed by atoms with Gasteiger partial charge >= 0.3 is 0 Å². The Kier molecular flexibility index (Phi) is 4.58. The zero-order chi connectivity index (χ0) is 18.8. The van der Waals surface area contributed by atoms with Crippen LogP contribution in [-0.4, -0.2) is 44.8 Å². The normalized spacial score (nSPS) is 16.5. The van der Waals surface area contributed by atoms with Gasteiger partial charge in [0.1, 0.15) is 23.4 Å². The number of carbonyl (C=O) groups excluding carboxylic acids is 1. The predicted octanol–water partition coefficient (Wildman–Crippen LogP) is 2.91. The van der Waals surface area contributed by atoms with E-state index in [9.17, 15) is 9.18 Å². The Morgan fingerprint density at radius 2 is 1.93 bits per heavy atom. The third-order valence-corrected chi connectivity index (χ3v) is 4.62. The maximum atomic E-state index is 13.1. The van der Waals surface area contributed by atoms with Crippen LogP contribution in [0.15, 0.2) is 54.9 Å². The van der Waals surface area contributed by atoms with Gasteiger partial charge in [-0.2, -0.15) is 5.10 Å². The molecule has 3 heterocycles. The summed E-state index contributed by atoms with van der Waals surface area (Å²) >= 11 is 0. The number of amides is 1. The average Bonchev–Trinajstić information content (AvgIpc) is 3.29. The van der Waals surface area contributed by atoms with Crippen LogP contribution in [0.1, 0.15) is 16.9 Å². The standard InChI is InChI=1S/C20H19FN4O2/c1-24-19(12-18(23-24)14-2-4-15(21)5-3-14)20(26)25-11-8-17(13-25)27-16-6-9-22-10-7-16/h2-7,9-10,12,17H,8,11,13H2,1H3/t17-/m0/s1. The first-order chi connectivity index (χ1) is 13.1. The number of ether oxygens (including phenoxy) is 1. The SMILES string of the molecule is Cn1nc(-c2ccc(F)cc2)cc1C(=O)N1CC[C@H](Oc2ccncc2)C1. The van der Waals surface area contributed by atoms with Crippen molar-refractivity contribution in [2.75, 3.05) is 13.1 Å². The number of carbonyl (C=O) groups is 1. The molecular weight excluding hydrogens is 347 g/mol. The zero-order valence-corrected chi connectivity index (χ0v) is 14.9. The van der Waals surface area contributed by atoms with Gasteiger partial charge in [-0.15, -0.1) is 0 Å². The maximum absolute atomic E-state index is 13.1. The van der Waals surface area contributed by atoms with Crippen LogP contribution >= 0.6 is 0 Å². The van der Waals surface area contributed by atoms with Crippen LogP contribution in [-0.2, 0) is 7.05 Å². The summed E-state index contributed by atoms with van der Waals surface area (Å²) in [6.45, 7) is 1.16. The first-order valence-electron chi connectivity index (χ1n) is 8.76. The molecule has 1 amide bonds. The van der Waals surface area contributed by atoms with E-state index in [1.165, 1.54) is 12.1 Å². The predicted molar refractivity (Wildman–Crippen MR) is 97.8 cm³/mol. The Morgan fingerprint density at radius 1 is 1.19 bits per heavy atom. The molecule has 4 rings (SSSR count). The summed E-state index contributed by atoms with van der Waals surface area (Å²) in [5.74, 6) is 0.367. The molecular formula is C20H19FN4O2. The van der Waals surface area contributed by atoms with E-state index in [-0.39, 0.29) is 17.8 Å². The molecule has 0 unspecified atom stereocenters. The molecule has 0 saturated carbocycles. The molecule has 6 nitrogen and oxygen atoms in total. The third kappa shape index (κ3) is 3.67. The number of likely N-dealkylation sites (tertiary alicyclic amines) is 1. The minimum Gasteiger partial charge on any atom is -0.488 e. The van der Waals surface area contributed by atoms with E-state index in [4.69, 9.17) is 4.74 Å². The van der Waals surface area contributed by atoms with E-state index in [0.29, 0.717) is 24.5 Å². The minimum atomic E-state index is -0.303. The van der Waals surface area contributed by atoms with E-state index in [1.54, 1.807) is 59.4 Å². The van der Waals surface area contributed by atoms with Crippen molar-refractivity contribution in [1.82, 2.24) is 19.7 Å². The maximum Gasteiger partial charge on any atom is 0.272 e. The van der Waals surface area contributed by atoms with Crippen molar-refractivity contribution >= 4 is 5.91 Å². The number of rotatable bonds is 4. The van der Waals surface area contributed by atoms with Crippen LogP contribution in [0.5, 0.6) is 5.75 Å². The number of hydrogen-bond donors (Lipinski definition) is 0. The number of aromatic nitrogens is 3. The van der Waals surface area contributed by atoms with Gasteiger partial charge < -0.3 is 9.64 Å². The Bertz CT molecular complexity index is 940. The molecule has 0 bridgehead atoms. The van der Waals surface area contributed by atoms with Crippen molar-refractivity contribution < 1.29 is 13.9 Å². The highest BCUT2D eigenvalue weighted by atomic mass is 19.1. The summed E-state index contributed by atoms with van der Waals surface area (Å²) in [7, 11) is 1.74. The molecule has 1 atom stereocenters. The first-order valence-corrected chi connectivity index (χ1v) is 8.76. The number of hydrogen-bond acceptors (Lipinski definition) is 4. The summed E-state index contributed by atoms with van der Waals surface area (Å²) in [4.78, 5) is 18.6. The second kappa shape index (κ2) is 7.19. The summed E-state index contributed by atoms with van der Waals surface area (Å²) < 4.78 is 20.6. The molecule has 3 aromatic rings. The first kappa shape index (κ1) is 17.2. The molecule has 138 valence electrons. The van der Waals surface area contributed by atoms with E-state index in [1.807, 2.05) is 0 Å². The van der Waals surface area contributed by atoms with Crippen LogP contribution < -0.4 is 4.74 Å². The highest BCUT2D eigenvalue weighted by Crippen LogP contribution is 2.23. The number of halogens is 1. The molecule has 1 aromatic carbocycles. The quantitative estimate of drug-likeness (QED) is 0.712. The fourth-order valence-corrected chi connectivity index (χ4v) is 3.21. The van der Waals surface area contributed by atoms with Crippen molar-refractivity contribution in [3.05, 3.63) is 66.4 Å². The Hall–Kier alpha value is -3.22. The molecule has 2 aromatic heterocycles. The number of pyridine rings is 1. The molecule has 27 heavy (non-hydrogen) atoms. The Balaban J connectivity index is 1.46. The van der Waals surface area contributed by atoms with Crippen LogP contribution in [0, 0.1) is 5.82 Å². The van der Waals surface area contributed by atoms with Gasteiger partial charge in [-0.1, -0.05) is 0 Å². The van der Waals surface area contributed by atoms with Gasteiger partial charge in [-0.05, 0) is 42.5 Å². The summed E-state index contributed by atoms with van der Waals surface area (Å²) in [6.07, 6.45) is 4.09. The monoisotopic (exact) mass is 366 g/mol. The molecule has 1 aliphatic heterocycles. The molecule has 1 aliphatic rings. The molecule has 0 spiro atoms. The minimum absolute atomic E-state index is 0.0406. The van der Waals surface area contributed by atoms with Crippen molar-refractivity contribution in [2.45, 2.75) is 12.5 Å². The van der Waals surface area contributed by atoms with Crippen LogP contribution in [0.3, 0.4) is 0 Å². The van der Waals surface area contributed by atoms with Gasteiger partial charge in [-0.3, -0.25) is 14.5 Å². The lowest BCUT2D eigenvalue weighted by atomic mass is 10.1. The lowest BCUT2D eigenvalue weighted by Gasteiger charge is -2.17. The topological polar surface area (TPSA) is 60.2 Å². The Labute approximate surface area is 156 Å². The zero-order valence-electron chi connectivity index (χ0n) is 14.9. The van der Waals surface area contributed by atoms with Gasteiger partial charge in [0, 0.05) is 38.0 Å². The average molecular weight is 366 g/mol. The van der Waals surface area contributed by atoms with E-state index in [2.05, 4.69) is 10.1 Å². The molecule has 1 saturated heterocycles. The van der Waals surface area contributed by atoms with Crippen LogP contribution in [0.2, 0.25) is 0 Å². The summed E-state index contributed by atoms with van der Waals surface area (Å²) in [5, 5.41) is 4.40. The largest absolute Gasteiger partial charge is 0.488 e. The highest BCUT2D eigenvalue weighted by molar-refractivity contribution is 5.94. The molecule has 0 N–H and O–H groups in total. The lowest BCUT2D eigenvalue weighted by molar-refractivity contribution is 0.0761. The van der Waals surface area contributed by atoms with Crippen molar-refractivity contribution in [3.8, 4) is 17.0 Å². The summed E-state index contributed by atoms with van der Waals surface area (Å²) in [6, 6.07) is 11.4. The highest BCUT2D eigenvalue weighted by Gasteiger charge is 2.30. The lowest BCUT2D eigenvalue weighted by Crippen LogP contribution is -2.32.